The van der Waals surface area contributed by atoms with Gasteiger partial charge in [0.15, 0.2) is 0 Å². The Morgan fingerprint density at radius 2 is 1.86 bits per heavy atom. The summed E-state index contributed by atoms with van der Waals surface area (Å²) in [5.74, 6) is 1.19. The van der Waals surface area contributed by atoms with Gasteiger partial charge < -0.3 is 9.80 Å². The van der Waals surface area contributed by atoms with Crippen molar-refractivity contribution in [1.29, 1.82) is 0 Å². The summed E-state index contributed by atoms with van der Waals surface area (Å²) in [6.07, 6.45) is 7.73. The lowest BCUT2D eigenvalue weighted by atomic mass is 10.1. The fourth-order valence-corrected chi connectivity index (χ4v) is 6.00. The van der Waals surface area contributed by atoms with Crippen LogP contribution in [0, 0.1) is 6.92 Å². The predicted molar refractivity (Wildman–Crippen MR) is 120 cm³/mol. The summed E-state index contributed by atoms with van der Waals surface area (Å²) in [6, 6.07) is 0.482. The molecule has 2 aromatic heterocycles. The summed E-state index contributed by atoms with van der Waals surface area (Å²) in [5, 5.41) is 1.09. The summed E-state index contributed by atoms with van der Waals surface area (Å²) >= 11 is 1.54. The van der Waals surface area contributed by atoms with Gasteiger partial charge in [-0.1, -0.05) is 26.7 Å². The minimum Gasteiger partial charge on any atom is -0.356 e. The van der Waals surface area contributed by atoms with Gasteiger partial charge in [-0.2, -0.15) is 0 Å². The van der Waals surface area contributed by atoms with Crippen LogP contribution in [0.25, 0.3) is 10.2 Å². The van der Waals surface area contributed by atoms with E-state index in [-0.39, 0.29) is 5.91 Å². The summed E-state index contributed by atoms with van der Waals surface area (Å²) in [6.45, 7) is 12.3. The molecule has 2 saturated heterocycles. The third kappa shape index (κ3) is 3.99. The molecule has 0 unspecified atom stereocenters. The average molecular weight is 416 g/mol. The average Bonchev–Trinajstić information content (AvgIpc) is 3.24. The number of anilines is 1. The number of hydrogen-bond donors (Lipinski definition) is 0. The van der Waals surface area contributed by atoms with E-state index >= 15 is 0 Å². The second-order valence-electron chi connectivity index (χ2n) is 8.25. The number of carbonyl (C=O) groups is 1. The molecule has 2 aromatic rings. The van der Waals surface area contributed by atoms with Crippen LogP contribution < -0.4 is 4.90 Å². The zero-order valence-electron chi connectivity index (χ0n) is 18.0. The Hall–Kier alpha value is -1.73. The third-order valence-corrected chi connectivity index (χ3v) is 7.77. The zero-order chi connectivity index (χ0) is 20.4. The fourth-order valence-electron chi connectivity index (χ4n) is 4.89. The van der Waals surface area contributed by atoms with Crippen molar-refractivity contribution in [3.8, 4) is 0 Å². The number of aryl methyl sites for hydroxylation is 1. The van der Waals surface area contributed by atoms with Crippen molar-refractivity contribution in [2.45, 2.75) is 58.9 Å². The third-order valence-electron chi connectivity index (χ3n) is 6.59. The molecule has 29 heavy (non-hydrogen) atoms. The molecule has 0 spiro atoms. The summed E-state index contributed by atoms with van der Waals surface area (Å²) < 4.78 is 0. The van der Waals surface area contributed by atoms with Crippen molar-refractivity contribution in [2.75, 3.05) is 44.2 Å². The van der Waals surface area contributed by atoms with Crippen molar-refractivity contribution in [3.05, 3.63) is 16.8 Å². The Bertz CT molecular complexity index is 854. The molecule has 2 fully saturated rings. The van der Waals surface area contributed by atoms with Crippen LogP contribution in [0.15, 0.2) is 6.33 Å². The van der Waals surface area contributed by atoms with E-state index in [1.807, 2.05) is 4.90 Å². The van der Waals surface area contributed by atoms with Gasteiger partial charge >= 0.3 is 0 Å². The number of hydrogen-bond acceptors (Lipinski definition) is 6. The van der Waals surface area contributed by atoms with Gasteiger partial charge in [0.25, 0.3) is 5.91 Å². The molecular formula is C22H33N5OS. The highest BCUT2D eigenvalue weighted by molar-refractivity contribution is 7.20. The Balaban J connectivity index is 1.61. The van der Waals surface area contributed by atoms with E-state index in [0.717, 1.165) is 72.2 Å². The first-order valence-corrected chi connectivity index (χ1v) is 12.0. The summed E-state index contributed by atoms with van der Waals surface area (Å²) in [4.78, 5) is 31.2. The molecule has 0 aliphatic carbocycles. The van der Waals surface area contributed by atoms with Gasteiger partial charge in [0.1, 0.15) is 17.0 Å². The number of likely N-dealkylation sites (tertiary alicyclic amines) is 1. The summed E-state index contributed by atoms with van der Waals surface area (Å²) in [7, 11) is 0. The molecule has 0 bridgehead atoms. The zero-order valence-corrected chi connectivity index (χ0v) is 18.8. The predicted octanol–water partition coefficient (Wildman–Crippen LogP) is 3.94. The van der Waals surface area contributed by atoms with Crippen molar-refractivity contribution in [1.82, 2.24) is 19.8 Å². The van der Waals surface area contributed by atoms with Gasteiger partial charge in [-0.3, -0.25) is 9.69 Å². The molecule has 0 N–H and O–H groups in total. The standard InChI is InChI=1S/C22H33N5OS/c1-4-25(5-2)17-10-13-27(14-17)22(28)19-16(3)18-20(23-15-24-21(18)29-19)26-11-8-6-7-9-12-26/h15,17H,4-14H2,1-3H3/t17-/m1/s1. The van der Waals surface area contributed by atoms with Gasteiger partial charge in [0.2, 0.25) is 0 Å². The maximum absolute atomic E-state index is 13.4. The number of carbonyl (C=O) groups excluding carboxylic acids is 1. The SMILES string of the molecule is CCN(CC)[C@@H]1CCN(C(=O)c2sc3ncnc(N4CCCCCC4)c3c2C)C1. The molecular weight excluding hydrogens is 382 g/mol. The van der Waals surface area contributed by atoms with E-state index in [2.05, 4.69) is 40.5 Å². The first kappa shape index (κ1) is 20.5. The van der Waals surface area contributed by atoms with Crippen LogP contribution in [0.2, 0.25) is 0 Å². The van der Waals surface area contributed by atoms with Crippen LogP contribution in [-0.2, 0) is 0 Å². The lowest BCUT2D eigenvalue weighted by Crippen LogP contribution is -2.38. The quantitative estimate of drug-likeness (QED) is 0.740. The maximum Gasteiger partial charge on any atom is 0.264 e. The smallest absolute Gasteiger partial charge is 0.264 e. The molecule has 4 rings (SSSR count). The molecule has 6 nitrogen and oxygen atoms in total. The highest BCUT2D eigenvalue weighted by atomic mass is 32.1. The van der Waals surface area contributed by atoms with Gasteiger partial charge in [-0.25, -0.2) is 9.97 Å². The van der Waals surface area contributed by atoms with Gasteiger partial charge in [0.05, 0.1) is 10.3 Å². The largest absolute Gasteiger partial charge is 0.356 e. The molecule has 0 radical (unpaired) electrons. The number of likely N-dealkylation sites (N-methyl/N-ethyl adjacent to an activating group) is 1. The first-order valence-electron chi connectivity index (χ1n) is 11.2. The first-order chi connectivity index (χ1) is 14.1. The van der Waals surface area contributed by atoms with E-state index in [9.17, 15) is 4.79 Å². The van der Waals surface area contributed by atoms with Crippen molar-refractivity contribution >= 4 is 33.3 Å². The van der Waals surface area contributed by atoms with Crippen LogP contribution in [-0.4, -0.2) is 71.0 Å². The number of nitrogens with zero attached hydrogens (tertiary/aromatic N) is 5. The van der Waals surface area contributed by atoms with E-state index in [0.29, 0.717) is 6.04 Å². The molecule has 7 heteroatoms. The van der Waals surface area contributed by atoms with Crippen LogP contribution in [0.4, 0.5) is 5.82 Å². The van der Waals surface area contributed by atoms with E-state index in [1.54, 1.807) is 17.7 Å². The van der Waals surface area contributed by atoms with Crippen molar-refractivity contribution < 1.29 is 4.79 Å². The van der Waals surface area contributed by atoms with Crippen LogP contribution in [0.5, 0.6) is 0 Å². The van der Waals surface area contributed by atoms with Crippen LogP contribution in [0.3, 0.4) is 0 Å². The number of aromatic nitrogens is 2. The molecule has 158 valence electrons. The number of thiophene rings is 1. The van der Waals surface area contributed by atoms with Crippen LogP contribution in [0.1, 0.15) is 61.2 Å². The normalized spacial score (nSPS) is 20.6. The molecule has 2 aliphatic rings. The molecule has 0 saturated carbocycles. The second-order valence-corrected chi connectivity index (χ2v) is 9.25. The highest BCUT2D eigenvalue weighted by Gasteiger charge is 2.32. The minimum absolute atomic E-state index is 0.168. The molecule has 1 amide bonds. The minimum atomic E-state index is 0.168. The second kappa shape index (κ2) is 8.96. The van der Waals surface area contributed by atoms with Gasteiger partial charge in [0, 0.05) is 32.2 Å². The van der Waals surface area contributed by atoms with E-state index < -0.39 is 0 Å². The van der Waals surface area contributed by atoms with Crippen molar-refractivity contribution in [3.63, 3.8) is 0 Å². The molecule has 2 aliphatic heterocycles. The lowest BCUT2D eigenvalue weighted by Gasteiger charge is -2.26. The maximum atomic E-state index is 13.4. The monoisotopic (exact) mass is 415 g/mol. The molecule has 4 heterocycles. The van der Waals surface area contributed by atoms with Gasteiger partial charge in [-0.15, -0.1) is 11.3 Å². The fraction of sp³-hybridized carbons (Fsp3) is 0.682. The van der Waals surface area contributed by atoms with Gasteiger partial charge in [-0.05, 0) is 44.8 Å². The lowest BCUT2D eigenvalue weighted by molar-refractivity contribution is 0.0782. The van der Waals surface area contributed by atoms with E-state index in [4.69, 9.17) is 0 Å². The van der Waals surface area contributed by atoms with Crippen LogP contribution >= 0.6 is 11.3 Å². The summed E-state index contributed by atoms with van der Waals surface area (Å²) in [5.41, 5.74) is 1.06. The topological polar surface area (TPSA) is 52.6 Å². The number of fused-ring (bicyclic) bond motifs is 1. The van der Waals surface area contributed by atoms with Crippen molar-refractivity contribution in [2.24, 2.45) is 0 Å². The Morgan fingerprint density at radius 1 is 1.14 bits per heavy atom. The highest BCUT2D eigenvalue weighted by Crippen LogP contribution is 2.36. The Morgan fingerprint density at radius 3 is 2.55 bits per heavy atom. The Kier molecular flexibility index (Phi) is 6.35. The van der Waals surface area contributed by atoms with E-state index in [1.165, 1.54) is 25.7 Å². The molecule has 1 atom stereocenters. The number of rotatable bonds is 5. The number of amides is 1. The molecule has 0 aromatic carbocycles. The Labute approximate surface area is 177 Å².